The molecule has 7 atom stereocenters. The Labute approximate surface area is 278 Å². The Kier molecular flexibility index (Phi) is 6.81. The number of imidazole rings is 2. The number of nitrogens with one attached hydrogen (secondary N) is 3. The van der Waals surface area contributed by atoms with Gasteiger partial charge in [-0.15, -0.1) is 0 Å². The third kappa shape index (κ3) is 5.02. The molecule has 9 rings (SSSR count). The van der Waals surface area contributed by atoms with Crippen molar-refractivity contribution in [2.45, 2.75) is 69.7 Å². The summed E-state index contributed by atoms with van der Waals surface area (Å²) in [7, 11) is 0. The molecule has 0 radical (unpaired) electrons. The average molecular weight is 642 g/mol. The summed E-state index contributed by atoms with van der Waals surface area (Å²) in [5, 5.41) is 19.2. The van der Waals surface area contributed by atoms with Crippen LogP contribution in [0.1, 0.15) is 63.3 Å². The van der Waals surface area contributed by atoms with E-state index >= 15 is 0 Å². The van der Waals surface area contributed by atoms with Gasteiger partial charge in [0.15, 0.2) is 0 Å². The Bertz CT molecular complexity index is 2020. The van der Waals surface area contributed by atoms with Crippen molar-refractivity contribution in [3.8, 4) is 33.6 Å². The normalized spacial score (nSPS) is 26.4. The second kappa shape index (κ2) is 11.1. The minimum atomic E-state index is -1.10. The van der Waals surface area contributed by atoms with Crippen molar-refractivity contribution in [2.75, 3.05) is 0 Å². The maximum atomic E-state index is 12.4. The number of hydrazine groups is 1. The third-order valence-electron chi connectivity index (χ3n) is 11.0. The molecule has 48 heavy (non-hydrogen) atoms. The van der Waals surface area contributed by atoms with Crippen LogP contribution in [-0.4, -0.2) is 65.6 Å². The van der Waals surface area contributed by atoms with Gasteiger partial charge in [-0.1, -0.05) is 62.4 Å². The van der Waals surface area contributed by atoms with Gasteiger partial charge in [0.2, 0.25) is 0 Å². The van der Waals surface area contributed by atoms with Gasteiger partial charge >= 0.3 is 6.09 Å². The number of hydrogen-bond acceptors (Lipinski definition) is 6. The quantitative estimate of drug-likeness (QED) is 0.128. The van der Waals surface area contributed by atoms with E-state index in [4.69, 9.17) is 4.98 Å². The molecule has 2 saturated heterocycles. The fourth-order valence-corrected chi connectivity index (χ4v) is 8.14. The van der Waals surface area contributed by atoms with Gasteiger partial charge in [-0.3, -0.25) is 0 Å². The number of fused-ring (bicyclic) bond motifs is 3. The summed E-state index contributed by atoms with van der Waals surface area (Å²) in [6.07, 6.45) is 7.67. The minimum absolute atomic E-state index is 0.120. The van der Waals surface area contributed by atoms with Crippen LogP contribution < -0.4 is 5.32 Å². The lowest BCUT2D eigenvalue weighted by Gasteiger charge is -2.39. The molecule has 2 aromatic heterocycles. The number of aldehydes is 1. The molecule has 10 nitrogen and oxygen atoms in total. The average Bonchev–Trinajstić information content (AvgIpc) is 3.65. The van der Waals surface area contributed by atoms with Crippen LogP contribution in [0.15, 0.2) is 73.1 Å². The Morgan fingerprint density at radius 3 is 2.17 bits per heavy atom. The predicted molar refractivity (Wildman–Crippen MR) is 183 cm³/mol. The van der Waals surface area contributed by atoms with Crippen LogP contribution in [0.2, 0.25) is 0 Å². The minimum Gasteiger partial charge on any atom is -0.464 e. The fourth-order valence-electron chi connectivity index (χ4n) is 8.14. The van der Waals surface area contributed by atoms with E-state index in [1.54, 1.807) is 0 Å². The molecule has 0 bridgehead atoms. The number of carbonyl (C=O) groups excluding carboxylic acids is 1. The summed E-state index contributed by atoms with van der Waals surface area (Å²) in [6, 6.07) is 21.8. The summed E-state index contributed by atoms with van der Waals surface area (Å²) in [6.45, 7) is 3.75. The van der Waals surface area contributed by atoms with Crippen molar-refractivity contribution in [1.82, 2.24) is 35.3 Å². The van der Waals surface area contributed by atoms with Crippen molar-refractivity contribution < 1.29 is 14.7 Å². The molecule has 4 fully saturated rings. The lowest BCUT2D eigenvalue weighted by atomic mass is 9.98. The van der Waals surface area contributed by atoms with E-state index in [9.17, 15) is 14.7 Å². The van der Waals surface area contributed by atoms with E-state index in [0.29, 0.717) is 18.0 Å². The molecule has 2 aliphatic carbocycles. The van der Waals surface area contributed by atoms with E-state index < -0.39 is 12.1 Å². The maximum Gasteiger partial charge on any atom is 0.422 e. The summed E-state index contributed by atoms with van der Waals surface area (Å²) < 4.78 is 0. The number of H-pyrrole nitrogens is 2. The summed E-state index contributed by atoms with van der Waals surface area (Å²) in [5.41, 5.74) is 6.38. The molecule has 4 N–H and O–H groups in total. The molecule has 5 aromatic rings. The van der Waals surface area contributed by atoms with Crippen LogP contribution in [-0.2, 0) is 4.79 Å². The van der Waals surface area contributed by atoms with Crippen LogP contribution in [0.25, 0.3) is 44.4 Å². The highest BCUT2D eigenvalue weighted by Crippen LogP contribution is 2.54. The van der Waals surface area contributed by atoms with Gasteiger partial charge in [0.25, 0.3) is 0 Å². The van der Waals surface area contributed by atoms with Crippen LogP contribution in [0.4, 0.5) is 4.79 Å². The first-order valence-corrected chi connectivity index (χ1v) is 17.1. The van der Waals surface area contributed by atoms with Gasteiger partial charge in [0, 0.05) is 17.6 Å². The van der Waals surface area contributed by atoms with Gasteiger partial charge in [-0.2, -0.15) is 0 Å². The highest BCUT2D eigenvalue weighted by Gasteiger charge is 2.57. The monoisotopic (exact) mass is 641 g/mol. The van der Waals surface area contributed by atoms with Gasteiger partial charge < -0.3 is 25.2 Å². The fraction of sp³-hybridized carbons (Fsp3) is 0.368. The molecule has 2 saturated carbocycles. The number of aromatic nitrogens is 4. The van der Waals surface area contributed by atoms with Crippen LogP contribution in [0.3, 0.4) is 0 Å². The van der Waals surface area contributed by atoms with E-state index in [0.717, 1.165) is 81.1 Å². The first-order valence-electron chi connectivity index (χ1n) is 17.1. The van der Waals surface area contributed by atoms with Crippen molar-refractivity contribution in [2.24, 2.45) is 17.8 Å². The molecule has 2 aliphatic heterocycles. The summed E-state index contributed by atoms with van der Waals surface area (Å²) in [4.78, 5) is 40.8. The Hall–Kier alpha value is -4.80. The van der Waals surface area contributed by atoms with E-state index in [2.05, 4.69) is 80.9 Å². The standard InChI is InChI=1S/C38H39N7O3/c1-20(2)35(19-46)45(38(47)48)44-33-15-28(33)16-34(44)37-40-18-32(43-37)26-10-9-24-11-23(7-8-25(24)12-26)21-3-5-22(6-4-21)31-17-39-36(42-31)30-14-27-13-29(27)41-30/h3-12,17-20,27-30,33-35,41H,13-16H2,1-2H3,(H,39,42)(H,40,43)(H,47,48)/t27-,28-,29-,30+,33-,34+,35-/m1/s1. The third-order valence-corrected chi connectivity index (χ3v) is 11.0. The topological polar surface area (TPSA) is 130 Å². The molecule has 4 heterocycles. The zero-order valence-electron chi connectivity index (χ0n) is 27.0. The largest absolute Gasteiger partial charge is 0.464 e. The molecule has 10 heteroatoms. The Morgan fingerprint density at radius 2 is 1.48 bits per heavy atom. The highest BCUT2D eigenvalue weighted by molar-refractivity contribution is 5.90. The second-order valence-corrected chi connectivity index (χ2v) is 14.5. The molecule has 4 aliphatic rings. The van der Waals surface area contributed by atoms with Crippen LogP contribution in [0, 0.1) is 17.8 Å². The smallest absolute Gasteiger partial charge is 0.422 e. The zero-order valence-corrected chi connectivity index (χ0v) is 27.0. The highest BCUT2D eigenvalue weighted by atomic mass is 16.4. The number of rotatable bonds is 9. The molecule has 0 spiro atoms. The number of amides is 1. The second-order valence-electron chi connectivity index (χ2n) is 14.5. The summed E-state index contributed by atoms with van der Waals surface area (Å²) in [5.74, 6) is 2.88. The van der Waals surface area contributed by atoms with Gasteiger partial charge in [0.1, 0.15) is 24.0 Å². The molecular weight excluding hydrogens is 602 g/mol. The zero-order chi connectivity index (χ0) is 32.7. The Morgan fingerprint density at radius 1 is 0.833 bits per heavy atom. The molecule has 244 valence electrons. The van der Waals surface area contributed by atoms with Crippen molar-refractivity contribution >= 4 is 23.2 Å². The van der Waals surface area contributed by atoms with Gasteiger partial charge in [-0.05, 0) is 83.0 Å². The summed E-state index contributed by atoms with van der Waals surface area (Å²) >= 11 is 0. The van der Waals surface area contributed by atoms with Gasteiger partial charge in [0.05, 0.1) is 35.9 Å². The predicted octanol–water partition coefficient (Wildman–Crippen LogP) is 6.96. The van der Waals surface area contributed by atoms with Crippen molar-refractivity contribution in [3.05, 3.63) is 84.7 Å². The Balaban J connectivity index is 0.925. The first kappa shape index (κ1) is 29.3. The molecule has 1 amide bonds. The van der Waals surface area contributed by atoms with Crippen molar-refractivity contribution in [1.29, 1.82) is 0 Å². The lowest BCUT2D eigenvalue weighted by molar-refractivity contribution is -0.125. The number of aromatic amines is 2. The number of hydrogen-bond donors (Lipinski definition) is 4. The maximum absolute atomic E-state index is 12.4. The van der Waals surface area contributed by atoms with Crippen molar-refractivity contribution in [3.63, 3.8) is 0 Å². The number of nitrogens with zero attached hydrogens (tertiary/aromatic N) is 4. The molecular formula is C38H39N7O3. The molecule has 3 aromatic carbocycles. The SMILES string of the molecule is CC(C)[C@@H](C=O)N(C(=O)O)N1[C@@H]2C[C@@H]2C[C@H]1c1ncc(-c2ccc3cc(-c4ccc(-c5cnc([C@@H]6C[C@H]7C[C@H]7N6)[nH]5)cc4)ccc3c2)[nH]1. The van der Waals surface area contributed by atoms with Crippen LogP contribution in [0.5, 0.6) is 0 Å². The first-order chi connectivity index (χ1) is 23.3. The van der Waals surface area contributed by atoms with Crippen LogP contribution >= 0.6 is 0 Å². The number of benzene rings is 3. The number of piperidine rings is 2. The van der Waals surface area contributed by atoms with Gasteiger partial charge in [-0.25, -0.2) is 24.8 Å². The number of carboxylic acid groups (broad SMARTS) is 1. The lowest BCUT2D eigenvalue weighted by Crippen LogP contribution is -2.55. The van der Waals surface area contributed by atoms with E-state index in [-0.39, 0.29) is 18.0 Å². The van der Waals surface area contributed by atoms with E-state index in [1.165, 1.54) is 17.9 Å². The number of carbonyl (C=O) groups is 2. The van der Waals surface area contributed by atoms with E-state index in [1.807, 2.05) is 31.3 Å². The molecule has 0 unspecified atom stereocenters.